The fraction of sp³-hybridized carbons (Fsp3) is 0.333. The SMILES string of the molecule is CCOC(=O)[C@@H]1Cc2ccccc2C[C@H]1NC(=O)OCc1ccccc1. The summed E-state index contributed by atoms with van der Waals surface area (Å²) in [7, 11) is 0. The highest BCUT2D eigenvalue weighted by Crippen LogP contribution is 2.27. The minimum absolute atomic E-state index is 0.194. The lowest BCUT2D eigenvalue weighted by Crippen LogP contribution is -2.48. The molecule has 0 saturated carbocycles. The third-order valence-corrected chi connectivity index (χ3v) is 4.59. The highest BCUT2D eigenvalue weighted by Gasteiger charge is 2.35. The van der Waals surface area contributed by atoms with E-state index in [1.165, 1.54) is 0 Å². The number of hydrogen-bond acceptors (Lipinski definition) is 4. The molecule has 0 unspecified atom stereocenters. The molecule has 26 heavy (non-hydrogen) atoms. The first-order valence-electron chi connectivity index (χ1n) is 8.88. The van der Waals surface area contributed by atoms with Gasteiger partial charge in [-0.25, -0.2) is 4.79 Å². The molecule has 0 radical (unpaired) electrons. The molecule has 2 atom stereocenters. The molecule has 0 spiro atoms. The smallest absolute Gasteiger partial charge is 0.407 e. The number of amides is 1. The molecule has 1 aliphatic rings. The van der Waals surface area contributed by atoms with E-state index in [0.29, 0.717) is 19.4 Å². The van der Waals surface area contributed by atoms with Gasteiger partial charge in [-0.2, -0.15) is 0 Å². The second-order valence-electron chi connectivity index (χ2n) is 6.35. The molecule has 2 aromatic rings. The van der Waals surface area contributed by atoms with Gasteiger partial charge in [0, 0.05) is 6.04 Å². The van der Waals surface area contributed by atoms with Crippen molar-refractivity contribution in [2.24, 2.45) is 5.92 Å². The summed E-state index contributed by atoms with van der Waals surface area (Å²) in [6.45, 7) is 2.30. The van der Waals surface area contributed by atoms with Crippen molar-refractivity contribution >= 4 is 12.1 Å². The van der Waals surface area contributed by atoms with Crippen LogP contribution < -0.4 is 5.32 Å². The Bertz CT molecular complexity index is 760. The van der Waals surface area contributed by atoms with E-state index in [-0.39, 0.29) is 18.6 Å². The van der Waals surface area contributed by atoms with Crippen LogP contribution in [0, 0.1) is 5.92 Å². The summed E-state index contributed by atoms with van der Waals surface area (Å²) in [4.78, 5) is 24.6. The van der Waals surface area contributed by atoms with Gasteiger partial charge in [0.15, 0.2) is 0 Å². The summed E-state index contributed by atoms with van der Waals surface area (Å²) in [5, 5.41) is 2.86. The Hall–Kier alpha value is -2.82. The number of fused-ring (bicyclic) bond motifs is 1. The normalized spacial score (nSPS) is 18.5. The van der Waals surface area contributed by atoms with Gasteiger partial charge in [-0.1, -0.05) is 54.6 Å². The monoisotopic (exact) mass is 353 g/mol. The average Bonchev–Trinajstić information content (AvgIpc) is 2.67. The molecule has 0 aromatic heterocycles. The van der Waals surface area contributed by atoms with Crippen LogP contribution in [0.2, 0.25) is 0 Å². The first-order valence-corrected chi connectivity index (χ1v) is 8.88. The van der Waals surface area contributed by atoms with Crippen molar-refractivity contribution in [2.75, 3.05) is 6.61 Å². The molecule has 1 amide bonds. The molecule has 1 aliphatic carbocycles. The van der Waals surface area contributed by atoms with Crippen LogP contribution in [0.1, 0.15) is 23.6 Å². The van der Waals surface area contributed by atoms with Crippen LogP contribution in [0.5, 0.6) is 0 Å². The van der Waals surface area contributed by atoms with Crippen LogP contribution >= 0.6 is 0 Å². The Morgan fingerprint density at radius 3 is 2.31 bits per heavy atom. The molecule has 3 rings (SSSR count). The highest BCUT2D eigenvalue weighted by molar-refractivity contribution is 5.76. The number of nitrogens with one attached hydrogen (secondary N) is 1. The Morgan fingerprint density at radius 2 is 1.62 bits per heavy atom. The summed E-state index contributed by atoms with van der Waals surface area (Å²) in [5.74, 6) is -0.690. The summed E-state index contributed by atoms with van der Waals surface area (Å²) < 4.78 is 10.5. The summed E-state index contributed by atoms with van der Waals surface area (Å²) in [6.07, 6.45) is 0.617. The number of ether oxygens (including phenoxy) is 2. The van der Waals surface area contributed by atoms with E-state index in [9.17, 15) is 9.59 Å². The first-order chi connectivity index (χ1) is 12.7. The van der Waals surface area contributed by atoms with Gasteiger partial charge in [0.05, 0.1) is 12.5 Å². The van der Waals surface area contributed by atoms with Gasteiger partial charge in [0.1, 0.15) is 6.61 Å². The first kappa shape index (κ1) is 18.0. The number of rotatable bonds is 5. The molecule has 5 heteroatoms. The van der Waals surface area contributed by atoms with Crippen molar-refractivity contribution in [3.05, 3.63) is 71.3 Å². The molecule has 0 saturated heterocycles. The maximum Gasteiger partial charge on any atom is 0.407 e. The zero-order valence-corrected chi connectivity index (χ0v) is 14.8. The third-order valence-electron chi connectivity index (χ3n) is 4.59. The quantitative estimate of drug-likeness (QED) is 0.838. The van der Waals surface area contributed by atoms with Crippen LogP contribution in [0.25, 0.3) is 0 Å². The predicted octanol–water partition coefficient (Wildman–Crippen LogP) is 3.26. The van der Waals surface area contributed by atoms with Gasteiger partial charge < -0.3 is 14.8 Å². The van der Waals surface area contributed by atoms with Crippen LogP contribution in [0.4, 0.5) is 4.79 Å². The van der Waals surface area contributed by atoms with E-state index in [0.717, 1.165) is 16.7 Å². The van der Waals surface area contributed by atoms with Gasteiger partial charge in [0.25, 0.3) is 0 Å². The molecule has 1 N–H and O–H groups in total. The molecule has 0 bridgehead atoms. The number of benzene rings is 2. The third kappa shape index (κ3) is 4.42. The zero-order valence-electron chi connectivity index (χ0n) is 14.8. The molecular formula is C21H23NO4. The molecule has 2 aromatic carbocycles. The second kappa shape index (κ2) is 8.52. The van der Waals surface area contributed by atoms with Crippen LogP contribution in [0.3, 0.4) is 0 Å². The van der Waals surface area contributed by atoms with Crippen molar-refractivity contribution in [1.29, 1.82) is 0 Å². The van der Waals surface area contributed by atoms with Gasteiger partial charge in [0.2, 0.25) is 0 Å². The summed E-state index contributed by atoms with van der Waals surface area (Å²) in [5.41, 5.74) is 3.18. The van der Waals surface area contributed by atoms with Gasteiger partial charge in [-0.3, -0.25) is 4.79 Å². The molecule has 0 heterocycles. The minimum atomic E-state index is -0.521. The van der Waals surface area contributed by atoms with E-state index in [1.54, 1.807) is 6.92 Å². The lowest BCUT2D eigenvalue weighted by molar-refractivity contribution is -0.149. The minimum Gasteiger partial charge on any atom is -0.466 e. The maximum atomic E-state index is 12.4. The van der Waals surface area contributed by atoms with Crippen LogP contribution in [-0.4, -0.2) is 24.7 Å². The average molecular weight is 353 g/mol. The Morgan fingerprint density at radius 1 is 0.962 bits per heavy atom. The Kier molecular flexibility index (Phi) is 5.89. The standard InChI is InChI=1S/C21H23NO4/c1-2-25-20(23)18-12-16-10-6-7-11-17(16)13-19(18)22-21(24)26-14-15-8-4-3-5-9-15/h3-11,18-19H,2,12-14H2,1H3,(H,22,24)/t18-,19-/m1/s1. The van der Waals surface area contributed by atoms with Crippen molar-refractivity contribution in [1.82, 2.24) is 5.32 Å². The molecule has 0 aliphatic heterocycles. The number of hydrogen-bond donors (Lipinski definition) is 1. The highest BCUT2D eigenvalue weighted by atomic mass is 16.5. The van der Waals surface area contributed by atoms with Gasteiger partial charge in [-0.15, -0.1) is 0 Å². The molecule has 0 fully saturated rings. The molecule has 136 valence electrons. The number of carbonyl (C=O) groups is 2. The number of esters is 1. The van der Waals surface area contributed by atoms with Crippen molar-refractivity contribution < 1.29 is 19.1 Å². The Balaban J connectivity index is 1.66. The van der Waals surface area contributed by atoms with E-state index >= 15 is 0 Å². The molecule has 5 nitrogen and oxygen atoms in total. The fourth-order valence-corrected chi connectivity index (χ4v) is 3.28. The predicted molar refractivity (Wildman–Crippen MR) is 97.5 cm³/mol. The van der Waals surface area contributed by atoms with E-state index < -0.39 is 12.0 Å². The Labute approximate surface area is 153 Å². The lowest BCUT2D eigenvalue weighted by atomic mass is 9.80. The second-order valence-corrected chi connectivity index (χ2v) is 6.35. The van der Waals surface area contributed by atoms with E-state index in [4.69, 9.17) is 9.47 Å². The van der Waals surface area contributed by atoms with Gasteiger partial charge in [-0.05, 0) is 36.5 Å². The maximum absolute atomic E-state index is 12.4. The van der Waals surface area contributed by atoms with Crippen molar-refractivity contribution in [2.45, 2.75) is 32.4 Å². The topological polar surface area (TPSA) is 64.6 Å². The molecular weight excluding hydrogens is 330 g/mol. The van der Waals surface area contributed by atoms with Crippen LogP contribution in [-0.2, 0) is 33.7 Å². The van der Waals surface area contributed by atoms with E-state index in [2.05, 4.69) is 5.32 Å². The lowest BCUT2D eigenvalue weighted by Gasteiger charge is -2.31. The van der Waals surface area contributed by atoms with Gasteiger partial charge >= 0.3 is 12.1 Å². The fourth-order valence-electron chi connectivity index (χ4n) is 3.28. The largest absolute Gasteiger partial charge is 0.466 e. The number of alkyl carbamates (subject to hydrolysis) is 1. The summed E-state index contributed by atoms with van der Waals surface area (Å²) >= 11 is 0. The van der Waals surface area contributed by atoms with Crippen molar-refractivity contribution in [3.63, 3.8) is 0 Å². The van der Waals surface area contributed by atoms with Crippen LogP contribution in [0.15, 0.2) is 54.6 Å². The summed E-state index contributed by atoms with van der Waals surface area (Å²) in [6, 6.07) is 17.1. The van der Waals surface area contributed by atoms with Crippen molar-refractivity contribution in [3.8, 4) is 0 Å². The zero-order chi connectivity index (χ0) is 18.4. The number of carbonyl (C=O) groups excluding carboxylic acids is 2. The van der Waals surface area contributed by atoms with E-state index in [1.807, 2.05) is 54.6 Å².